The number of rotatable bonds is 6. The van der Waals surface area contributed by atoms with E-state index in [1.807, 2.05) is 5.48 Å². The van der Waals surface area contributed by atoms with Crippen LogP contribution in [0.2, 0.25) is 0 Å². The van der Waals surface area contributed by atoms with Gasteiger partial charge in [-0.1, -0.05) is 0 Å². The number of halogens is 2. The standard InChI is InChI=1S/C14H17BrFN7O4S/c1-22-6-7-23(28(22,25)26)5-4-17-13-12(20-27-21-13)14(19-24)18-9-2-3-11(16)10(15)8-9/h2-3,8,24H,4-7H2,1H3,(H,17,21)(H,18,19). The molecule has 2 aromatic rings. The third-order valence-corrected chi connectivity index (χ3v) is 6.60. The van der Waals surface area contributed by atoms with E-state index in [0.717, 1.165) is 0 Å². The van der Waals surface area contributed by atoms with E-state index in [9.17, 15) is 18.0 Å². The monoisotopic (exact) mass is 477 g/mol. The van der Waals surface area contributed by atoms with E-state index < -0.39 is 16.0 Å². The molecule has 3 rings (SSSR count). The molecular formula is C14H17BrFN7O4S. The fourth-order valence-electron chi connectivity index (χ4n) is 2.48. The van der Waals surface area contributed by atoms with E-state index >= 15 is 0 Å². The van der Waals surface area contributed by atoms with Crippen molar-refractivity contribution in [2.45, 2.75) is 0 Å². The number of aromatic nitrogens is 2. The number of benzene rings is 1. The molecule has 0 spiro atoms. The molecule has 1 aliphatic heterocycles. The van der Waals surface area contributed by atoms with Gasteiger partial charge in [0.1, 0.15) is 5.82 Å². The fraction of sp³-hybridized carbons (Fsp3) is 0.357. The van der Waals surface area contributed by atoms with Gasteiger partial charge in [-0.2, -0.15) is 17.0 Å². The van der Waals surface area contributed by atoms with Gasteiger partial charge in [0.2, 0.25) is 5.82 Å². The van der Waals surface area contributed by atoms with Crippen molar-refractivity contribution in [2.75, 3.05) is 38.5 Å². The van der Waals surface area contributed by atoms with Crippen LogP contribution in [0.5, 0.6) is 0 Å². The zero-order valence-electron chi connectivity index (χ0n) is 14.6. The smallest absolute Gasteiger partial charge is 0.281 e. The van der Waals surface area contributed by atoms with E-state index in [1.54, 1.807) is 0 Å². The molecule has 0 unspecified atom stereocenters. The maximum absolute atomic E-state index is 13.3. The fourth-order valence-corrected chi connectivity index (χ4v) is 4.19. The summed E-state index contributed by atoms with van der Waals surface area (Å²) in [5.74, 6) is -0.382. The second-order valence-corrected chi connectivity index (χ2v) is 8.68. The lowest BCUT2D eigenvalue weighted by atomic mass is 10.3. The Morgan fingerprint density at radius 2 is 2.21 bits per heavy atom. The minimum atomic E-state index is -3.43. The highest BCUT2D eigenvalue weighted by molar-refractivity contribution is 9.10. The van der Waals surface area contributed by atoms with Crippen LogP contribution in [-0.4, -0.2) is 71.6 Å². The summed E-state index contributed by atoms with van der Waals surface area (Å²) < 4.78 is 44.9. The summed E-state index contributed by atoms with van der Waals surface area (Å²) in [6, 6.07) is 4.04. The predicted molar refractivity (Wildman–Crippen MR) is 101 cm³/mol. The van der Waals surface area contributed by atoms with Crippen molar-refractivity contribution in [3.05, 3.63) is 34.2 Å². The first-order chi connectivity index (χ1) is 13.3. The van der Waals surface area contributed by atoms with Gasteiger partial charge in [-0.05, 0) is 44.4 Å². The molecule has 1 fully saturated rings. The van der Waals surface area contributed by atoms with Crippen LogP contribution in [0.3, 0.4) is 0 Å². The number of likely N-dealkylation sites (N-methyl/N-ethyl adjacent to an activating group) is 1. The first kappa shape index (κ1) is 20.6. The van der Waals surface area contributed by atoms with Crippen LogP contribution in [0.4, 0.5) is 15.9 Å². The average molecular weight is 478 g/mol. The van der Waals surface area contributed by atoms with E-state index in [1.165, 1.54) is 33.9 Å². The highest BCUT2D eigenvalue weighted by Crippen LogP contribution is 2.23. The van der Waals surface area contributed by atoms with Crippen molar-refractivity contribution in [3.63, 3.8) is 0 Å². The van der Waals surface area contributed by atoms with E-state index in [2.05, 4.69) is 41.2 Å². The molecule has 0 bridgehead atoms. The largest absolute Gasteiger partial charge is 0.364 e. The van der Waals surface area contributed by atoms with Crippen LogP contribution >= 0.6 is 15.9 Å². The van der Waals surface area contributed by atoms with Crippen LogP contribution in [0.25, 0.3) is 0 Å². The molecule has 0 radical (unpaired) electrons. The van der Waals surface area contributed by atoms with Gasteiger partial charge >= 0.3 is 0 Å². The van der Waals surface area contributed by atoms with Crippen molar-refractivity contribution >= 4 is 43.5 Å². The Morgan fingerprint density at radius 3 is 2.86 bits per heavy atom. The van der Waals surface area contributed by atoms with Crippen molar-refractivity contribution in [1.29, 1.82) is 0 Å². The van der Waals surface area contributed by atoms with Gasteiger partial charge in [-0.15, -0.1) is 0 Å². The topological polar surface area (TPSA) is 136 Å². The summed E-state index contributed by atoms with van der Waals surface area (Å²) in [6.45, 7) is 1.27. The summed E-state index contributed by atoms with van der Waals surface area (Å²) in [5.41, 5.74) is 2.31. The summed E-state index contributed by atoms with van der Waals surface area (Å²) in [4.78, 5) is 4.14. The van der Waals surface area contributed by atoms with Crippen molar-refractivity contribution in [1.82, 2.24) is 24.4 Å². The third kappa shape index (κ3) is 4.30. The van der Waals surface area contributed by atoms with Gasteiger partial charge in [0.15, 0.2) is 11.5 Å². The molecule has 2 heterocycles. The van der Waals surface area contributed by atoms with Gasteiger partial charge in [0, 0.05) is 33.2 Å². The van der Waals surface area contributed by atoms with E-state index in [0.29, 0.717) is 18.8 Å². The minimum Gasteiger partial charge on any atom is -0.364 e. The quantitative estimate of drug-likeness (QED) is 0.317. The first-order valence-electron chi connectivity index (χ1n) is 8.05. The molecule has 14 heteroatoms. The Morgan fingerprint density at radius 1 is 1.43 bits per heavy atom. The maximum Gasteiger partial charge on any atom is 0.281 e. The summed E-state index contributed by atoms with van der Waals surface area (Å²) >= 11 is 3.06. The second kappa shape index (κ2) is 8.48. The van der Waals surface area contributed by atoms with Gasteiger partial charge in [-0.3, -0.25) is 10.7 Å². The number of amidine groups is 1. The van der Waals surface area contributed by atoms with Crippen LogP contribution in [-0.2, 0) is 10.2 Å². The first-order valence-corrected chi connectivity index (χ1v) is 10.2. The Labute approximate surface area is 168 Å². The molecule has 0 aliphatic carbocycles. The summed E-state index contributed by atoms with van der Waals surface area (Å²) in [6.07, 6.45) is 0. The lowest BCUT2D eigenvalue weighted by molar-refractivity contribution is 0.234. The highest BCUT2D eigenvalue weighted by Gasteiger charge is 2.33. The van der Waals surface area contributed by atoms with E-state index in [4.69, 9.17) is 0 Å². The number of hydrogen-bond acceptors (Lipinski definition) is 8. The number of hydrogen-bond donors (Lipinski definition) is 3. The number of nitrogens with one attached hydrogen (secondary N) is 2. The minimum absolute atomic E-state index is 0.0735. The van der Waals surface area contributed by atoms with Crippen molar-refractivity contribution in [2.24, 2.45) is 4.99 Å². The van der Waals surface area contributed by atoms with Gasteiger partial charge in [0.05, 0.1) is 10.2 Å². The summed E-state index contributed by atoms with van der Waals surface area (Å²) in [5, 5.41) is 19.7. The normalized spacial score (nSPS) is 17.8. The summed E-state index contributed by atoms with van der Waals surface area (Å²) in [7, 11) is -1.91. The molecule has 11 nitrogen and oxygen atoms in total. The van der Waals surface area contributed by atoms with Gasteiger partial charge < -0.3 is 5.32 Å². The Hall–Kier alpha value is -2.13. The van der Waals surface area contributed by atoms with Crippen LogP contribution < -0.4 is 10.8 Å². The average Bonchev–Trinajstić information content (AvgIpc) is 3.22. The molecule has 3 N–H and O–H groups in total. The number of anilines is 1. The van der Waals surface area contributed by atoms with Crippen molar-refractivity contribution < 1.29 is 22.6 Å². The molecule has 1 aromatic carbocycles. The molecular weight excluding hydrogens is 461 g/mol. The molecule has 0 saturated carbocycles. The van der Waals surface area contributed by atoms with Crippen LogP contribution in [0, 0.1) is 5.82 Å². The molecule has 1 saturated heterocycles. The molecule has 1 aromatic heterocycles. The number of hydroxylamine groups is 1. The molecule has 28 heavy (non-hydrogen) atoms. The Balaban J connectivity index is 1.71. The van der Waals surface area contributed by atoms with Crippen molar-refractivity contribution in [3.8, 4) is 0 Å². The van der Waals surface area contributed by atoms with Gasteiger partial charge in [-0.25, -0.2) is 14.0 Å². The zero-order valence-corrected chi connectivity index (χ0v) is 17.0. The second-order valence-electron chi connectivity index (χ2n) is 5.79. The van der Waals surface area contributed by atoms with Crippen LogP contribution in [0.1, 0.15) is 5.69 Å². The molecule has 152 valence electrons. The molecule has 0 amide bonds. The predicted octanol–water partition coefficient (Wildman–Crippen LogP) is 0.932. The lowest BCUT2D eigenvalue weighted by Crippen LogP contribution is -2.34. The molecule has 0 atom stereocenters. The Kier molecular flexibility index (Phi) is 6.24. The highest BCUT2D eigenvalue weighted by atomic mass is 79.9. The Bertz CT molecular complexity index is 984. The third-order valence-electron chi connectivity index (χ3n) is 4.00. The van der Waals surface area contributed by atoms with E-state index in [-0.39, 0.29) is 34.9 Å². The molecule has 1 aliphatic rings. The lowest BCUT2D eigenvalue weighted by Gasteiger charge is -2.15. The number of nitrogens with zero attached hydrogens (tertiary/aromatic N) is 5. The van der Waals surface area contributed by atoms with Crippen LogP contribution in [0.15, 0.2) is 32.3 Å². The zero-order chi connectivity index (χ0) is 20.3. The SMILES string of the molecule is CN1CCN(CCNc2nonc2C(=Nc2ccc(F)c(Br)c2)NO)S1(=O)=O. The number of aliphatic imine (C=N–C) groups is 1. The van der Waals surface area contributed by atoms with Gasteiger partial charge in [0.25, 0.3) is 10.2 Å². The maximum atomic E-state index is 13.3.